The second-order valence-electron chi connectivity index (χ2n) is 7.12. The van der Waals surface area contributed by atoms with Crippen LogP contribution in [0.2, 0.25) is 0 Å². The highest BCUT2D eigenvalue weighted by Crippen LogP contribution is 2.38. The minimum Gasteiger partial charge on any atom is -0.444 e. The van der Waals surface area contributed by atoms with Crippen LogP contribution in [0.1, 0.15) is 50.1 Å². The van der Waals surface area contributed by atoms with E-state index in [2.05, 4.69) is 27.3 Å². The van der Waals surface area contributed by atoms with Crippen LogP contribution >= 0.6 is 27.3 Å². The summed E-state index contributed by atoms with van der Waals surface area (Å²) in [5.74, 6) is 0. The van der Waals surface area contributed by atoms with Gasteiger partial charge >= 0.3 is 6.09 Å². The summed E-state index contributed by atoms with van der Waals surface area (Å²) in [6.45, 7) is 7.19. The third-order valence-electron chi connectivity index (χ3n) is 4.05. The predicted molar refractivity (Wildman–Crippen MR) is 92.4 cm³/mol. The molecule has 2 aliphatic rings. The topological polar surface area (TPSA) is 41.6 Å². The van der Waals surface area contributed by atoms with E-state index in [-0.39, 0.29) is 6.09 Å². The van der Waals surface area contributed by atoms with Crippen molar-refractivity contribution in [3.63, 3.8) is 0 Å². The van der Waals surface area contributed by atoms with Gasteiger partial charge in [0.2, 0.25) is 0 Å². The van der Waals surface area contributed by atoms with E-state index >= 15 is 0 Å². The molecular formula is C16H23BrN2O2S. The number of thiophene rings is 1. The van der Waals surface area contributed by atoms with E-state index in [4.69, 9.17) is 4.74 Å². The van der Waals surface area contributed by atoms with Gasteiger partial charge in [-0.05, 0) is 67.6 Å². The molecule has 1 N–H and O–H groups in total. The fourth-order valence-corrected chi connectivity index (χ4v) is 4.86. The van der Waals surface area contributed by atoms with E-state index < -0.39 is 5.60 Å². The number of ether oxygens (including phenoxy) is 1. The molecule has 1 aliphatic heterocycles. The Labute approximate surface area is 144 Å². The van der Waals surface area contributed by atoms with Gasteiger partial charge in [0.05, 0.1) is 3.79 Å². The minimum atomic E-state index is -0.420. The van der Waals surface area contributed by atoms with Crippen LogP contribution in [-0.4, -0.2) is 35.7 Å². The molecule has 0 aromatic carbocycles. The number of likely N-dealkylation sites (tertiary alicyclic amines) is 1. The highest BCUT2D eigenvalue weighted by atomic mass is 79.9. The summed E-state index contributed by atoms with van der Waals surface area (Å²) in [6, 6.07) is 3.06. The second kappa shape index (κ2) is 6.13. The van der Waals surface area contributed by atoms with E-state index in [0.29, 0.717) is 12.1 Å². The van der Waals surface area contributed by atoms with Crippen LogP contribution in [0.4, 0.5) is 4.79 Å². The molecule has 4 nitrogen and oxygen atoms in total. The Hall–Kier alpha value is -0.590. The Bertz CT molecular complexity index is 561. The van der Waals surface area contributed by atoms with Crippen LogP contribution in [0.3, 0.4) is 0 Å². The van der Waals surface area contributed by atoms with Gasteiger partial charge in [-0.3, -0.25) is 0 Å². The highest BCUT2D eigenvalue weighted by Gasteiger charge is 2.35. The van der Waals surface area contributed by atoms with Crippen LogP contribution in [0.5, 0.6) is 0 Å². The summed E-state index contributed by atoms with van der Waals surface area (Å²) in [4.78, 5) is 15.2. The Morgan fingerprint density at radius 3 is 2.86 bits per heavy atom. The number of carbonyl (C=O) groups is 1. The number of hydrogen-bond acceptors (Lipinski definition) is 4. The molecule has 0 saturated carbocycles. The van der Waals surface area contributed by atoms with E-state index in [1.807, 2.05) is 32.1 Å². The first-order valence-electron chi connectivity index (χ1n) is 7.84. The molecule has 1 unspecified atom stereocenters. The summed E-state index contributed by atoms with van der Waals surface area (Å²) in [7, 11) is 0. The lowest BCUT2D eigenvalue weighted by molar-refractivity contribution is 0.00392. The van der Waals surface area contributed by atoms with Gasteiger partial charge in [0.1, 0.15) is 5.60 Å². The second-order valence-corrected chi connectivity index (χ2v) is 9.64. The molecule has 1 aromatic heterocycles. The molecule has 0 radical (unpaired) electrons. The molecule has 22 heavy (non-hydrogen) atoms. The van der Waals surface area contributed by atoms with Crippen molar-refractivity contribution >= 4 is 33.4 Å². The predicted octanol–water partition coefficient (Wildman–Crippen LogP) is 4.10. The number of fused-ring (bicyclic) bond motifs is 1. The van der Waals surface area contributed by atoms with Crippen molar-refractivity contribution in [3.05, 3.63) is 20.3 Å². The molecule has 1 atom stereocenters. The van der Waals surface area contributed by atoms with Crippen molar-refractivity contribution in [3.8, 4) is 0 Å². The first kappa shape index (κ1) is 16.3. The quantitative estimate of drug-likeness (QED) is 0.831. The Morgan fingerprint density at radius 2 is 2.18 bits per heavy atom. The number of carbonyl (C=O) groups excluding carboxylic acids is 1. The number of amides is 1. The zero-order chi connectivity index (χ0) is 15.9. The SMILES string of the molecule is CC(C)(C)OC(=O)N1CC(NC2CCCc3sc(Br)cc32)C1. The number of rotatable bonds is 2. The first-order valence-corrected chi connectivity index (χ1v) is 9.45. The van der Waals surface area contributed by atoms with Crippen molar-refractivity contribution in [2.24, 2.45) is 0 Å². The molecule has 2 heterocycles. The van der Waals surface area contributed by atoms with Crippen molar-refractivity contribution in [2.75, 3.05) is 13.1 Å². The number of halogens is 1. The Morgan fingerprint density at radius 1 is 1.45 bits per heavy atom. The molecule has 0 bridgehead atoms. The largest absolute Gasteiger partial charge is 0.444 e. The monoisotopic (exact) mass is 386 g/mol. The van der Waals surface area contributed by atoms with E-state index in [1.54, 1.807) is 4.90 Å². The molecule has 122 valence electrons. The summed E-state index contributed by atoms with van der Waals surface area (Å²) < 4.78 is 6.61. The summed E-state index contributed by atoms with van der Waals surface area (Å²) in [5, 5.41) is 3.71. The highest BCUT2D eigenvalue weighted by molar-refractivity contribution is 9.11. The van der Waals surface area contributed by atoms with Gasteiger partial charge in [0.15, 0.2) is 0 Å². The lowest BCUT2D eigenvalue weighted by Crippen LogP contribution is -2.61. The van der Waals surface area contributed by atoms with Crippen LogP contribution in [0, 0.1) is 0 Å². The van der Waals surface area contributed by atoms with Gasteiger partial charge in [0, 0.05) is 30.1 Å². The molecule has 6 heteroatoms. The van der Waals surface area contributed by atoms with Gasteiger partial charge in [0.25, 0.3) is 0 Å². The molecule has 1 aliphatic carbocycles. The van der Waals surface area contributed by atoms with Crippen molar-refractivity contribution in [2.45, 2.75) is 57.7 Å². The molecule has 1 fully saturated rings. The van der Waals surface area contributed by atoms with E-state index in [9.17, 15) is 4.79 Å². The van der Waals surface area contributed by atoms with Gasteiger partial charge in [-0.15, -0.1) is 11.3 Å². The van der Waals surface area contributed by atoms with E-state index in [1.165, 1.54) is 33.5 Å². The molecule has 1 aromatic rings. The van der Waals surface area contributed by atoms with Crippen LogP contribution < -0.4 is 5.32 Å². The van der Waals surface area contributed by atoms with Gasteiger partial charge in [-0.1, -0.05) is 0 Å². The fraction of sp³-hybridized carbons (Fsp3) is 0.688. The van der Waals surface area contributed by atoms with Crippen molar-refractivity contribution < 1.29 is 9.53 Å². The minimum absolute atomic E-state index is 0.201. The summed E-state index contributed by atoms with van der Waals surface area (Å²) in [6.07, 6.45) is 3.41. The van der Waals surface area contributed by atoms with Gasteiger partial charge < -0.3 is 15.0 Å². The standard InChI is InChI=1S/C16H23BrN2O2S/c1-16(2,3)21-15(20)19-8-10(9-19)18-12-5-4-6-13-11(12)7-14(17)22-13/h7,10,12,18H,4-6,8-9H2,1-3H3. The fourth-order valence-electron chi connectivity index (χ4n) is 3.04. The Balaban J connectivity index is 1.52. The maximum Gasteiger partial charge on any atom is 0.410 e. The third kappa shape index (κ3) is 3.66. The molecular weight excluding hydrogens is 364 g/mol. The van der Waals surface area contributed by atoms with Gasteiger partial charge in [-0.25, -0.2) is 4.79 Å². The lowest BCUT2D eigenvalue weighted by Gasteiger charge is -2.42. The Kier molecular flexibility index (Phi) is 4.54. The van der Waals surface area contributed by atoms with Crippen molar-refractivity contribution in [1.29, 1.82) is 0 Å². The zero-order valence-electron chi connectivity index (χ0n) is 13.3. The van der Waals surface area contributed by atoms with Crippen molar-refractivity contribution in [1.82, 2.24) is 10.2 Å². The first-order chi connectivity index (χ1) is 10.3. The maximum atomic E-state index is 12.0. The number of nitrogens with one attached hydrogen (secondary N) is 1. The van der Waals surface area contributed by atoms with Crippen LogP contribution in [0.15, 0.2) is 9.85 Å². The maximum absolute atomic E-state index is 12.0. The van der Waals surface area contributed by atoms with Crippen LogP contribution in [0.25, 0.3) is 0 Å². The third-order valence-corrected chi connectivity index (χ3v) is 5.77. The zero-order valence-corrected chi connectivity index (χ0v) is 15.7. The van der Waals surface area contributed by atoms with Crippen LogP contribution in [-0.2, 0) is 11.2 Å². The number of aryl methyl sites for hydroxylation is 1. The molecule has 1 amide bonds. The molecule has 3 rings (SSSR count). The van der Waals surface area contributed by atoms with Gasteiger partial charge in [-0.2, -0.15) is 0 Å². The molecule has 0 spiro atoms. The average molecular weight is 387 g/mol. The molecule has 1 saturated heterocycles. The smallest absolute Gasteiger partial charge is 0.410 e. The number of hydrogen-bond donors (Lipinski definition) is 1. The lowest BCUT2D eigenvalue weighted by atomic mass is 9.92. The average Bonchev–Trinajstić information content (AvgIpc) is 2.71. The summed E-state index contributed by atoms with van der Waals surface area (Å²) in [5.41, 5.74) is 1.02. The summed E-state index contributed by atoms with van der Waals surface area (Å²) >= 11 is 5.45. The normalized spacial score (nSPS) is 22.2. The van der Waals surface area contributed by atoms with E-state index in [0.717, 1.165) is 13.1 Å². The number of nitrogens with zero attached hydrogens (tertiary/aromatic N) is 1.